The highest BCUT2D eigenvalue weighted by atomic mass is 16.5. The topological polar surface area (TPSA) is 26.3 Å². The molecule has 2 rings (SSSR count). The number of hydrogen-bond acceptors (Lipinski definition) is 2. The summed E-state index contributed by atoms with van der Waals surface area (Å²) >= 11 is 0. The Morgan fingerprint density at radius 3 is 2.54 bits per heavy atom. The fraction of sp³-hybridized carbons (Fsp3) is 0.909. The minimum absolute atomic E-state index is 0.106. The maximum atomic E-state index is 10.8. The summed E-state index contributed by atoms with van der Waals surface area (Å²) in [6.07, 6.45) is 5.28. The molecular weight excluding hydrogens is 164 g/mol. The van der Waals surface area contributed by atoms with E-state index < -0.39 is 0 Å². The van der Waals surface area contributed by atoms with Gasteiger partial charge in [-0.3, -0.25) is 4.79 Å². The highest BCUT2D eigenvalue weighted by molar-refractivity contribution is 5.66. The third kappa shape index (κ3) is 1.59. The van der Waals surface area contributed by atoms with Crippen LogP contribution in [0.5, 0.6) is 0 Å². The van der Waals surface area contributed by atoms with Crippen molar-refractivity contribution in [1.29, 1.82) is 0 Å². The maximum absolute atomic E-state index is 10.8. The van der Waals surface area contributed by atoms with Crippen molar-refractivity contribution in [2.45, 2.75) is 45.6 Å². The van der Waals surface area contributed by atoms with E-state index in [1.807, 2.05) is 0 Å². The summed E-state index contributed by atoms with van der Waals surface area (Å²) in [7, 11) is 0. The smallest absolute Gasteiger partial charge is 0.302 e. The molecular formula is C11H18O2. The van der Waals surface area contributed by atoms with Crippen molar-refractivity contribution >= 4 is 5.97 Å². The predicted molar refractivity (Wildman–Crippen MR) is 50.2 cm³/mol. The largest absolute Gasteiger partial charge is 0.462 e. The van der Waals surface area contributed by atoms with Crippen molar-refractivity contribution in [3.63, 3.8) is 0 Å². The molecule has 2 fully saturated rings. The first-order chi connectivity index (χ1) is 6.20. The molecule has 2 saturated carbocycles. The predicted octanol–water partition coefficient (Wildman–Crippen LogP) is 2.37. The van der Waals surface area contributed by atoms with Gasteiger partial charge in [-0.2, -0.15) is 0 Å². The molecule has 74 valence electrons. The molecule has 0 N–H and O–H groups in total. The number of esters is 1. The summed E-state index contributed by atoms with van der Waals surface area (Å²) < 4.78 is 5.30. The third-order valence-electron chi connectivity index (χ3n) is 3.78. The number of ether oxygens (including phenoxy) is 1. The van der Waals surface area contributed by atoms with Gasteiger partial charge in [0.2, 0.25) is 0 Å². The molecule has 2 aliphatic rings. The lowest BCUT2D eigenvalue weighted by Gasteiger charge is -2.26. The van der Waals surface area contributed by atoms with Gasteiger partial charge < -0.3 is 4.74 Å². The van der Waals surface area contributed by atoms with Crippen LogP contribution in [0.1, 0.15) is 39.5 Å². The van der Waals surface area contributed by atoms with Gasteiger partial charge in [-0.15, -0.1) is 0 Å². The fourth-order valence-corrected chi connectivity index (χ4v) is 3.20. The van der Waals surface area contributed by atoms with Crippen LogP contribution in [-0.4, -0.2) is 12.1 Å². The molecule has 0 radical (unpaired) electrons. The van der Waals surface area contributed by atoms with Crippen molar-refractivity contribution in [2.24, 2.45) is 17.8 Å². The van der Waals surface area contributed by atoms with Crippen molar-refractivity contribution in [1.82, 2.24) is 0 Å². The van der Waals surface area contributed by atoms with Crippen LogP contribution in [-0.2, 0) is 9.53 Å². The first-order valence-electron chi connectivity index (χ1n) is 5.38. The molecule has 0 unspecified atom stereocenters. The van der Waals surface area contributed by atoms with E-state index in [2.05, 4.69) is 6.92 Å². The lowest BCUT2D eigenvalue weighted by Crippen LogP contribution is -2.26. The molecule has 0 aromatic carbocycles. The molecule has 2 bridgehead atoms. The highest BCUT2D eigenvalue weighted by Crippen LogP contribution is 2.50. The molecule has 0 aliphatic heterocycles. The van der Waals surface area contributed by atoms with Crippen LogP contribution >= 0.6 is 0 Å². The maximum Gasteiger partial charge on any atom is 0.302 e. The number of fused-ring (bicyclic) bond motifs is 2. The van der Waals surface area contributed by atoms with Crippen LogP contribution in [0.25, 0.3) is 0 Å². The molecule has 13 heavy (non-hydrogen) atoms. The molecule has 2 heteroatoms. The lowest BCUT2D eigenvalue weighted by molar-refractivity contribution is -0.149. The van der Waals surface area contributed by atoms with Gasteiger partial charge in [0.05, 0.1) is 0 Å². The second kappa shape index (κ2) is 3.32. The van der Waals surface area contributed by atoms with Crippen LogP contribution in [0, 0.1) is 17.8 Å². The summed E-state index contributed by atoms with van der Waals surface area (Å²) in [5, 5.41) is 0. The molecule has 0 saturated heterocycles. The van der Waals surface area contributed by atoms with E-state index in [0.717, 1.165) is 18.3 Å². The van der Waals surface area contributed by atoms with Crippen LogP contribution in [0.2, 0.25) is 0 Å². The van der Waals surface area contributed by atoms with E-state index in [0.29, 0.717) is 5.92 Å². The van der Waals surface area contributed by atoms with E-state index in [1.165, 1.54) is 26.2 Å². The van der Waals surface area contributed by atoms with E-state index in [4.69, 9.17) is 4.74 Å². The Labute approximate surface area is 79.7 Å². The lowest BCUT2D eigenvalue weighted by atomic mass is 9.85. The van der Waals surface area contributed by atoms with Gasteiger partial charge >= 0.3 is 5.97 Å². The van der Waals surface area contributed by atoms with Gasteiger partial charge in [-0.05, 0) is 37.0 Å². The van der Waals surface area contributed by atoms with Crippen LogP contribution in [0.3, 0.4) is 0 Å². The minimum Gasteiger partial charge on any atom is -0.462 e. The van der Waals surface area contributed by atoms with E-state index >= 15 is 0 Å². The summed E-state index contributed by atoms with van der Waals surface area (Å²) in [5.41, 5.74) is 0. The van der Waals surface area contributed by atoms with Gasteiger partial charge in [0.1, 0.15) is 6.10 Å². The first-order valence-corrected chi connectivity index (χ1v) is 5.38. The van der Waals surface area contributed by atoms with Gasteiger partial charge in [0, 0.05) is 6.92 Å². The molecule has 0 aromatic heterocycles. The van der Waals surface area contributed by atoms with Crippen LogP contribution < -0.4 is 0 Å². The van der Waals surface area contributed by atoms with Crippen LogP contribution in [0.15, 0.2) is 0 Å². The fourth-order valence-electron chi connectivity index (χ4n) is 3.20. The molecule has 0 heterocycles. The van der Waals surface area contributed by atoms with Gasteiger partial charge in [0.25, 0.3) is 0 Å². The average molecular weight is 182 g/mol. The number of rotatable bonds is 2. The van der Waals surface area contributed by atoms with Gasteiger partial charge in [-0.1, -0.05) is 13.3 Å². The second-order valence-electron chi connectivity index (χ2n) is 4.54. The Morgan fingerprint density at radius 1 is 1.31 bits per heavy atom. The van der Waals surface area contributed by atoms with Crippen molar-refractivity contribution < 1.29 is 9.53 Å². The molecule has 2 nitrogen and oxygen atoms in total. The van der Waals surface area contributed by atoms with Crippen molar-refractivity contribution in [2.75, 3.05) is 0 Å². The van der Waals surface area contributed by atoms with Gasteiger partial charge in [-0.25, -0.2) is 0 Å². The summed E-state index contributed by atoms with van der Waals surface area (Å²) in [4.78, 5) is 10.8. The summed E-state index contributed by atoms with van der Waals surface area (Å²) in [6.45, 7) is 3.79. The molecule has 4 atom stereocenters. The first kappa shape index (κ1) is 9.04. The Hall–Kier alpha value is -0.530. The third-order valence-corrected chi connectivity index (χ3v) is 3.78. The van der Waals surface area contributed by atoms with E-state index in [1.54, 1.807) is 0 Å². The quantitative estimate of drug-likeness (QED) is 0.613. The van der Waals surface area contributed by atoms with Crippen LogP contribution in [0.4, 0.5) is 0 Å². The zero-order valence-electron chi connectivity index (χ0n) is 8.45. The Balaban J connectivity index is 1.91. The Kier molecular flexibility index (Phi) is 2.31. The Morgan fingerprint density at radius 2 is 2.08 bits per heavy atom. The van der Waals surface area contributed by atoms with Crippen molar-refractivity contribution in [3.8, 4) is 0 Å². The molecule has 0 amide bonds. The van der Waals surface area contributed by atoms with E-state index in [-0.39, 0.29) is 12.1 Å². The molecule has 0 aromatic rings. The number of carbonyl (C=O) groups is 1. The minimum atomic E-state index is -0.106. The second-order valence-corrected chi connectivity index (χ2v) is 4.54. The zero-order chi connectivity index (χ0) is 9.42. The van der Waals surface area contributed by atoms with Crippen molar-refractivity contribution in [3.05, 3.63) is 0 Å². The summed E-state index contributed by atoms with van der Waals surface area (Å²) in [5.74, 6) is 2.33. The zero-order valence-corrected chi connectivity index (χ0v) is 8.45. The monoisotopic (exact) mass is 182 g/mol. The van der Waals surface area contributed by atoms with Gasteiger partial charge in [0.15, 0.2) is 0 Å². The van der Waals surface area contributed by atoms with E-state index in [9.17, 15) is 4.79 Å². The summed E-state index contributed by atoms with van der Waals surface area (Å²) in [6, 6.07) is 0. The average Bonchev–Trinajstić information content (AvgIpc) is 2.60. The highest BCUT2D eigenvalue weighted by Gasteiger charge is 2.46. The molecule has 0 spiro atoms. The Bertz CT molecular complexity index is 212. The SMILES string of the molecule is CC[C@H]1C[C@H]2C[C@@H]1C[C@@H]2OC(C)=O. The number of carbonyl (C=O) groups excluding carboxylic acids is 1. The standard InChI is InChI=1S/C11H18O2/c1-3-8-4-10-5-9(8)6-11(10)13-7(2)12/h8-11H,3-6H2,1-2H3/t8-,9+,10-,11-/m0/s1. The number of hydrogen-bond donors (Lipinski definition) is 0. The normalized spacial score (nSPS) is 42.3. The molecule has 2 aliphatic carbocycles.